The van der Waals surface area contributed by atoms with Crippen molar-refractivity contribution in [1.82, 2.24) is 15.5 Å². The highest BCUT2D eigenvalue weighted by atomic mass is 16.5. The van der Waals surface area contributed by atoms with E-state index in [1.54, 1.807) is 0 Å². The molecule has 1 spiro atoms. The molecule has 1 unspecified atom stereocenters. The molecule has 8 rings (SSSR count). The lowest BCUT2D eigenvalue weighted by atomic mass is 9.74. The number of ether oxygens (including phenoxy) is 3. The van der Waals surface area contributed by atoms with Crippen molar-refractivity contribution in [3.8, 4) is 11.5 Å². The molecule has 5 aliphatic heterocycles. The number of nitrogens with zero attached hydrogens (tertiary/aromatic N) is 3. The average molecular weight is 606 g/mol. The Morgan fingerprint density at radius 3 is 2.07 bits per heavy atom. The number of benzene rings is 3. The number of carbonyl (C=O) groups excluding carboxylic acids is 1. The van der Waals surface area contributed by atoms with E-state index in [-0.39, 0.29) is 11.9 Å². The second kappa shape index (κ2) is 11.9. The molecule has 0 radical (unpaired) electrons. The summed E-state index contributed by atoms with van der Waals surface area (Å²) in [6.07, 6.45) is 8.17. The number of carbonyl (C=O) groups is 1. The van der Waals surface area contributed by atoms with Crippen LogP contribution in [0.3, 0.4) is 0 Å². The summed E-state index contributed by atoms with van der Waals surface area (Å²) >= 11 is 0. The van der Waals surface area contributed by atoms with E-state index in [2.05, 4.69) is 79.9 Å². The number of allylic oxidation sites excluding steroid dienone is 2. The largest absolute Gasteiger partial charge is 0.456 e. The zero-order chi connectivity index (χ0) is 30.2. The van der Waals surface area contributed by atoms with Crippen molar-refractivity contribution in [2.45, 2.75) is 11.6 Å². The highest BCUT2D eigenvalue weighted by Crippen LogP contribution is 2.58. The van der Waals surface area contributed by atoms with Crippen molar-refractivity contribution in [3.63, 3.8) is 0 Å². The third kappa shape index (κ3) is 4.86. The molecular weight excluding hydrogens is 566 g/mol. The second-order valence-corrected chi connectivity index (χ2v) is 12.1. The third-order valence-corrected chi connectivity index (χ3v) is 9.62. The van der Waals surface area contributed by atoms with E-state index in [1.165, 1.54) is 0 Å². The summed E-state index contributed by atoms with van der Waals surface area (Å²) in [5.41, 5.74) is 5.12. The van der Waals surface area contributed by atoms with Gasteiger partial charge in [-0.15, -0.1) is 0 Å². The monoisotopic (exact) mass is 605 g/mol. The Morgan fingerprint density at radius 1 is 0.800 bits per heavy atom. The van der Waals surface area contributed by atoms with E-state index in [4.69, 9.17) is 14.2 Å². The number of anilines is 2. The number of hydrogen-bond acceptors (Lipinski definition) is 8. The second-order valence-electron chi connectivity index (χ2n) is 12.1. The summed E-state index contributed by atoms with van der Waals surface area (Å²) in [5, 5.41) is 6.96. The van der Waals surface area contributed by atoms with Gasteiger partial charge in [-0.25, -0.2) is 0 Å². The summed E-state index contributed by atoms with van der Waals surface area (Å²) < 4.78 is 18.1. The molecule has 0 aromatic heterocycles. The molecule has 0 bridgehead atoms. The van der Waals surface area contributed by atoms with Crippen LogP contribution in [0.25, 0.3) is 0 Å². The average Bonchev–Trinajstić information content (AvgIpc) is 3.35. The SMILES string of the molecule is O=C1c2ccccc2C2(c3ccc(N4CCOCC4)cc3Oc3cc(N4CCOCC4)ccc32)N1CCNCC1C=CC=CN1. The van der Waals surface area contributed by atoms with E-state index in [0.29, 0.717) is 39.5 Å². The summed E-state index contributed by atoms with van der Waals surface area (Å²) in [7, 11) is 0. The van der Waals surface area contributed by atoms with Gasteiger partial charge >= 0.3 is 0 Å². The van der Waals surface area contributed by atoms with Crippen molar-refractivity contribution in [1.29, 1.82) is 0 Å². The maximum atomic E-state index is 14.4. The van der Waals surface area contributed by atoms with Crippen LogP contribution in [0.15, 0.2) is 85.1 Å². The molecule has 5 heterocycles. The molecule has 1 amide bonds. The van der Waals surface area contributed by atoms with Gasteiger partial charge < -0.3 is 39.5 Å². The number of fused-ring (bicyclic) bond motifs is 6. The standard InChI is InChI=1S/C36H39N5O4/c42-35-29-6-1-2-7-30(29)36(41(35)14-13-37-25-26-5-3-4-12-38-26)31-10-8-27(39-15-19-43-20-16-39)23-33(31)45-34-24-28(9-11-32(34)36)40-17-21-44-22-18-40/h1-12,23-24,26,37-38H,13-22,25H2. The predicted molar refractivity (Wildman–Crippen MR) is 174 cm³/mol. The lowest BCUT2D eigenvalue weighted by Gasteiger charge is -2.45. The normalized spacial score (nSPS) is 21.3. The summed E-state index contributed by atoms with van der Waals surface area (Å²) in [4.78, 5) is 21.2. The molecule has 2 fully saturated rings. The topological polar surface area (TPSA) is 78.5 Å². The van der Waals surface area contributed by atoms with Crippen LogP contribution < -0.4 is 25.2 Å². The Balaban J connectivity index is 1.23. The quantitative estimate of drug-likeness (QED) is 0.394. The molecule has 232 valence electrons. The lowest BCUT2D eigenvalue weighted by molar-refractivity contribution is 0.0667. The predicted octanol–water partition coefficient (Wildman–Crippen LogP) is 3.84. The molecule has 9 heteroatoms. The van der Waals surface area contributed by atoms with E-state index < -0.39 is 5.54 Å². The van der Waals surface area contributed by atoms with E-state index in [0.717, 1.165) is 77.9 Å². The first kappa shape index (κ1) is 28.2. The molecular formula is C36H39N5O4. The minimum Gasteiger partial charge on any atom is -0.456 e. The van der Waals surface area contributed by atoms with Crippen molar-refractivity contribution in [2.24, 2.45) is 0 Å². The molecule has 0 aliphatic carbocycles. The number of rotatable bonds is 7. The van der Waals surface area contributed by atoms with Crippen LogP contribution in [-0.2, 0) is 15.0 Å². The van der Waals surface area contributed by atoms with Crippen LogP contribution in [-0.4, -0.2) is 89.1 Å². The van der Waals surface area contributed by atoms with Crippen LogP contribution in [0.2, 0.25) is 0 Å². The third-order valence-electron chi connectivity index (χ3n) is 9.62. The molecule has 1 atom stereocenters. The zero-order valence-corrected chi connectivity index (χ0v) is 25.4. The van der Waals surface area contributed by atoms with Gasteiger partial charge in [0.15, 0.2) is 0 Å². The Bertz CT molecular complexity index is 1570. The van der Waals surface area contributed by atoms with Crippen molar-refractivity contribution < 1.29 is 19.0 Å². The van der Waals surface area contributed by atoms with Gasteiger partial charge in [-0.2, -0.15) is 0 Å². The van der Waals surface area contributed by atoms with Gasteiger partial charge in [-0.1, -0.05) is 42.5 Å². The Kier molecular flexibility index (Phi) is 7.45. The smallest absolute Gasteiger partial charge is 0.255 e. The first-order chi connectivity index (χ1) is 22.2. The minimum atomic E-state index is -0.822. The number of morpholine rings is 2. The van der Waals surface area contributed by atoms with Crippen LogP contribution in [0.5, 0.6) is 11.5 Å². The molecule has 45 heavy (non-hydrogen) atoms. The highest BCUT2D eigenvalue weighted by molar-refractivity contribution is 6.02. The Hall–Kier alpha value is -4.31. The van der Waals surface area contributed by atoms with Crippen LogP contribution in [0, 0.1) is 0 Å². The van der Waals surface area contributed by atoms with Gasteiger partial charge in [0.2, 0.25) is 0 Å². The molecule has 9 nitrogen and oxygen atoms in total. The van der Waals surface area contributed by atoms with Crippen molar-refractivity contribution in [3.05, 3.63) is 107 Å². The lowest BCUT2D eigenvalue weighted by Crippen LogP contribution is -2.50. The van der Waals surface area contributed by atoms with Crippen LogP contribution in [0.4, 0.5) is 11.4 Å². The molecule has 2 saturated heterocycles. The van der Waals surface area contributed by atoms with Crippen molar-refractivity contribution in [2.75, 3.05) is 82.0 Å². The molecule has 0 saturated carbocycles. The zero-order valence-electron chi connectivity index (χ0n) is 25.4. The molecule has 3 aromatic rings. The highest BCUT2D eigenvalue weighted by Gasteiger charge is 2.56. The van der Waals surface area contributed by atoms with Gasteiger partial charge in [0, 0.05) is 86.0 Å². The van der Waals surface area contributed by atoms with Crippen LogP contribution >= 0.6 is 0 Å². The molecule has 2 N–H and O–H groups in total. The minimum absolute atomic E-state index is 0.0410. The van der Waals surface area contributed by atoms with E-state index >= 15 is 0 Å². The van der Waals surface area contributed by atoms with Gasteiger partial charge in [0.25, 0.3) is 5.91 Å². The fraction of sp³-hybridized carbons (Fsp3) is 0.361. The first-order valence-electron chi connectivity index (χ1n) is 16.1. The number of dihydropyridines is 1. The fourth-order valence-corrected chi connectivity index (χ4v) is 7.43. The Morgan fingerprint density at radius 2 is 1.44 bits per heavy atom. The van der Waals surface area contributed by atoms with Crippen molar-refractivity contribution >= 4 is 17.3 Å². The van der Waals surface area contributed by atoms with E-state index in [1.807, 2.05) is 30.5 Å². The summed E-state index contributed by atoms with van der Waals surface area (Å²) in [6.45, 7) is 8.13. The van der Waals surface area contributed by atoms with Gasteiger partial charge in [-0.3, -0.25) is 4.79 Å². The Labute approximate surface area is 264 Å². The molecule has 3 aromatic carbocycles. The fourth-order valence-electron chi connectivity index (χ4n) is 7.43. The van der Waals surface area contributed by atoms with Gasteiger partial charge in [0.1, 0.15) is 17.0 Å². The van der Waals surface area contributed by atoms with Gasteiger partial charge in [-0.05, 0) is 36.0 Å². The maximum absolute atomic E-state index is 14.4. The van der Waals surface area contributed by atoms with Gasteiger partial charge in [0.05, 0.1) is 32.5 Å². The van der Waals surface area contributed by atoms with Crippen LogP contribution in [0.1, 0.15) is 27.0 Å². The maximum Gasteiger partial charge on any atom is 0.255 e. The summed E-state index contributed by atoms with van der Waals surface area (Å²) in [6, 6.07) is 21.3. The number of nitrogens with one attached hydrogen (secondary N) is 2. The summed E-state index contributed by atoms with van der Waals surface area (Å²) in [5.74, 6) is 1.62. The first-order valence-corrected chi connectivity index (χ1v) is 16.1. The number of amides is 1. The molecule has 5 aliphatic rings. The van der Waals surface area contributed by atoms with E-state index in [9.17, 15) is 4.79 Å². The number of hydrogen-bond donors (Lipinski definition) is 2.